The van der Waals surface area contributed by atoms with Gasteiger partial charge >= 0.3 is 5.97 Å². The van der Waals surface area contributed by atoms with E-state index in [1.807, 2.05) is 6.92 Å². The number of nitrogens with zero attached hydrogens (tertiary/aromatic N) is 1. The first-order valence-electron chi connectivity index (χ1n) is 4.47. The molecule has 1 atom stereocenters. The van der Waals surface area contributed by atoms with Crippen LogP contribution in [0.5, 0.6) is 0 Å². The van der Waals surface area contributed by atoms with Crippen molar-refractivity contribution in [1.29, 1.82) is 0 Å². The number of hydrogen-bond acceptors (Lipinski definition) is 3. The van der Waals surface area contributed by atoms with Gasteiger partial charge in [0.05, 0.1) is 6.04 Å². The van der Waals surface area contributed by atoms with Crippen LogP contribution in [-0.2, 0) is 0 Å². The number of pyridine rings is 1. The summed E-state index contributed by atoms with van der Waals surface area (Å²) in [4.78, 5) is 14.6. The third kappa shape index (κ3) is 2.99. The molecule has 1 rings (SSSR count). The number of carboxylic acids is 1. The van der Waals surface area contributed by atoms with Gasteiger partial charge in [-0.25, -0.2) is 9.78 Å². The number of carbonyl (C=O) groups is 1. The molecule has 1 aromatic heterocycles. The molecule has 1 aromatic rings. The largest absolute Gasteiger partial charge is 0.477 e. The van der Waals surface area contributed by atoms with Crippen LogP contribution in [0.15, 0.2) is 12.1 Å². The molecular weight excluding hydrogens is 192 g/mol. The van der Waals surface area contributed by atoms with Crippen molar-refractivity contribution in [2.75, 3.05) is 5.32 Å². The van der Waals surface area contributed by atoms with Crippen molar-refractivity contribution in [1.82, 2.24) is 4.98 Å². The lowest BCUT2D eigenvalue weighted by Gasteiger charge is -2.10. The number of rotatable bonds is 3. The highest BCUT2D eigenvalue weighted by atomic mass is 16.4. The van der Waals surface area contributed by atoms with E-state index in [0.717, 1.165) is 0 Å². The first kappa shape index (κ1) is 11.1. The molecule has 0 fully saturated rings. The highest BCUT2D eigenvalue weighted by Gasteiger charge is 2.07. The average molecular weight is 204 g/mol. The lowest BCUT2D eigenvalue weighted by Crippen LogP contribution is -2.13. The maximum Gasteiger partial charge on any atom is 0.354 e. The SMILES string of the molecule is C#CC(C)Nc1cc(C)nc(C(=O)O)c1. The molecule has 0 saturated heterocycles. The molecule has 0 amide bonds. The van der Waals surface area contributed by atoms with E-state index >= 15 is 0 Å². The minimum Gasteiger partial charge on any atom is -0.477 e. The third-order valence-corrected chi connectivity index (χ3v) is 1.81. The topological polar surface area (TPSA) is 62.2 Å². The van der Waals surface area contributed by atoms with Crippen LogP contribution in [0.3, 0.4) is 0 Å². The van der Waals surface area contributed by atoms with Crippen molar-refractivity contribution in [2.45, 2.75) is 19.9 Å². The predicted octanol–water partition coefficient (Wildman–Crippen LogP) is 1.52. The first-order valence-corrected chi connectivity index (χ1v) is 4.47. The minimum atomic E-state index is -1.05. The van der Waals surface area contributed by atoms with Gasteiger partial charge in [0, 0.05) is 11.4 Å². The lowest BCUT2D eigenvalue weighted by molar-refractivity contribution is 0.0690. The Hall–Kier alpha value is -2.02. The third-order valence-electron chi connectivity index (χ3n) is 1.81. The number of aryl methyl sites for hydroxylation is 1. The van der Waals surface area contributed by atoms with E-state index in [1.165, 1.54) is 6.07 Å². The second kappa shape index (κ2) is 4.47. The highest BCUT2D eigenvalue weighted by Crippen LogP contribution is 2.12. The second-order valence-corrected chi connectivity index (χ2v) is 3.22. The molecule has 1 heterocycles. The molecule has 78 valence electrons. The lowest BCUT2D eigenvalue weighted by atomic mass is 10.2. The van der Waals surface area contributed by atoms with Crippen molar-refractivity contribution in [3.63, 3.8) is 0 Å². The number of carboxylic acid groups (broad SMARTS) is 1. The summed E-state index contributed by atoms with van der Waals surface area (Å²) < 4.78 is 0. The number of anilines is 1. The zero-order chi connectivity index (χ0) is 11.4. The average Bonchev–Trinajstić information content (AvgIpc) is 2.16. The molecule has 0 aliphatic heterocycles. The van der Waals surface area contributed by atoms with Gasteiger partial charge in [-0.2, -0.15) is 0 Å². The number of terminal acetylenes is 1. The summed E-state index contributed by atoms with van der Waals surface area (Å²) in [6.45, 7) is 3.55. The quantitative estimate of drug-likeness (QED) is 0.733. The summed E-state index contributed by atoms with van der Waals surface area (Å²) in [6.07, 6.45) is 5.21. The van der Waals surface area contributed by atoms with E-state index in [2.05, 4.69) is 16.2 Å². The van der Waals surface area contributed by atoms with Crippen molar-refractivity contribution in [3.05, 3.63) is 23.5 Å². The standard InChI is InChI=1S/C11H12N2O2/c1-4-7(2)12-9-5-8(3)13-10(6-9)11(14)15/h1,5-7H,2-3H3,(H,12,13)(H,14,15). The number of aromatic carboxylic acids is 1. The minimum absolute atomic E-state index is 0.0155. The maximum absolute atomic E-state index is 10.7. The molecule has 0 spiro atoms. The van der Waals surface area contributed by atoms with Crippen molar-refractivity contribution in [3.8, 4) is 12.3 Å². The van der Waals surface area contributed by atoms with Gasteiger partial charge in [-0.1, -0.05) is 5.92 Å². The van der Waals surface area contributed by atoms with Crippen LogP contribution in [0, 0.1) is 19.3 Å². The van der Waals surface area contributed by atoms with Crippen molar-refractivity contribution < 1.29 is 9.90 Å². The van der Waals surface area contributed by atoms with E-state index < -0.39 is 5.97 Å². The monoisotopic (exact) mass is 204 g/mol. The van der Waals surface area contributed by atoms with Gasteiger partial charge in [0.1, 0.15) is 0 Å². The molecule has 0 aliphatic rings. The Kier molecular flexibility index (Phi) is 3.29. The zero-order valence-corrected chi connectivity index (χ0v) is 8.61. The molecular formula is C11H12N2O2. The van der Waals surface area contributed by atoms with Gasteiger partial charge in [-0.15, -0.1) is 6.42 Å². The van der Waals surface area contributed by atoms with Gasteiger partial charge in [-0.3, -0.25) is 0 Å². The van der Waals surface area contributed by atoms with Crippen LogP contribution in [-0.4, -0.2) is 22.1 Å². The van der Waals surface area contributed by atoms with E-state index in [1.54, 1.807) is 13.0 Å². The first-order chi connectivity index (χ1) is 7.02. The van der Waals surface area contributed by atoms with Gasteiger partial charge in [0.25, 0.3) is 0 Å². The van der Waals surface area contributed by atoms with Crippen LogP contribution in [0.25, 0.3) is 0 Å². The molecule has 4 nitrogen and oxygen atoms in total. The summed E-state index contributed by atoms with van der Waals surface area (Å²) >= 11 is 0. The fraction of sp³-hybridized carbons (Fsp3) is 0.273. The number of nitrogens with one attached hydrogen (secondary N) is 1. The van der Waals surface area contributed by atoms with Crippen LogP contribution in [0.1, 0.15) is 23.1 Å². The van der Waals surface area contributed by atoms with E-state index in [-0.39, 0.29) is 11.7 Å². The van der Waals surface area contributed by atoms with Crippen molar-refractivity contribution in [2.24, 2.45) is 0 Å². The second-order valence-electron chi connectivity index (χ2n) is 3.22. The molecule has 0 aromatic carbocycles. The molecule has 2 N–H and O–H groups in total. The van der Waals surface area contributed by atoms with Gasteiger partial charge in [0.2, 0.25) is 0 Å². The molecule has 0 aliphatic carbocycles. The Morgan fingerprint density at radius 2 is 2.33 bits per heavy atom. The fourth-order valence-corrected chi connectivity index (χ4v) is 1.15. The Labute approximate surface area is 88.3 Å². The van der Waals surface area contributed by atoms with Crippen LogP contribution < -0.4 is 5.32 Å². The number of aromatic nitrogens is 1. The predicted molar refractivity (Wildman–Crippen MR) is 57.9 cm³/mol. The maximum atomic E-state index is 10.7. The molecule has 4 heteroatoms. The molecule has 0 saturated carbocycles. The van der Waals surface area contributed by atoms with Crippen LogP contribution in [0.2, 0.25) is 0 Å². The normalized spacial score (nSPS) is 11.5. The molecule has 15 heavy (non-hydrogen) atoms. The summed E-state index contributed by atoms with van der Waals surface area (Å²) in [5, 5.41) is 11.8. The fourth-order valence-electron chi connectivity index (χ4n) is 1.15. The summed E-state index contributed by atoms with van der Waals surface area (Å²) in [5.41, 5.74) is 1.33. The summed E-state index contributed by atoms with van der Waals surface area (Å²) in [6, 6.07) is 3.07. The Morgan fingerprint density at radius 3 is 2.87 bits per heavy atom. The molecule has 0 radical (unpaired) electrons. The van der Waals surface area contributed by atoms with Gasteiger partial charge in [0.15, 0.2) is 5.69 Å². The molecule has 0 bridgehead atoms. The molecule has 1 unspecified atom stereocenters. The number of hydrogen-bond donors (Lipinski definition) is 2. The Balaban J connectivity index is 3.00. The Bertz CT molecular complexity index is 421. The smallest absolute Gasteiger partial charge is 0.354 e. The van der Waals surface area contributed by atoms with Crippen LogP contribution in [0.4, 0.5) is 5.69 Å². The summed E-state index contributed by atoms with van der Waals surface area (Å²) in [5.74, 6) is 1.46. The van der Waals surface area contributed by atoms with Crippen molar-refractivity contribution >= 4 is 11.7 Å². The van der Waals surface area contributed by atoms with Gasteiger partial charge in [-0.05, 0) is 26.0 Å². The van der Waals surface area contributed by atoms with E-state index in [0.29, 0.717) is 11.4 Å². The van der Waals surface area contributed by atoms with E-state index in [9.17, 15) is 4.79 Å². The van der Waals surface area contributed by atoms with Gasteiger partial charge < -0.3 is 10.4 Å². The summed E-state index contributed by atoms with van der Waals surface area (Å²) in [7, 11) is 0. The highest BCUT2D eigenvalue weighted by molar-refractivity contribution is 5.86. The zero-order valence-electron chi connectivity index (χ0n) is 8.61. The van der Waals surface area contributed by atoms with E-state index in [4.69, 9.17) is 11.5 Å². The Morgan fingerprint density at radius 1 is 1.67 bits per heavy atom. The van der Waals surface area contributed by atoms with Crippen LogP contribution >= 0.6 is 0 Å².